The number of halogens is 12. The molecule has 728 valence electrons. The van der Waals surface area contributed by atoms with E-state index in [1.807, 2.05) is 0 Å². The number of carbonyl (C=O) groups excluding carboxylic acids is 1. The Bertz CT molecular complexity index is 5620. The van der Waals surface area contributed by atoms with Crippen molar-refractivity contribution in [3.05, 3.63) is 183 Å². The first kappa shape index (κ1) is 107. The number of ether oxygens (including phenoxy) is 8. The molecule has 0 saturated carbocycles. The van der Waals surface area contributed by atoms with E-state index in [0.717, 1.165) is 48.0 Å². The summed E-state index contributed by atoms with van der Waals surface area (Å²) in [6, 6.07) is 5.88. The summed E-state index contributed by atoms with van der Waals surface area (Å²) in [5.74, 6) is -4.28. The second kappa shape index (κ2) is 49.5. The van der Waals surface area contributed by atoms with Crippen molar-refractivity contribution in [2.24, 2.45) is 0 Å². The molecule has 9 aliphatic heterocycles. The molecule has 16 heterocycles. The highest BCUT2D eigenvalue weighted by Gasteiger charge is 2.45. The number of H-pyrrole nitrogens is 5. The normalized spacial score (nSPS) is 29.7. The van der Waals surface area contributed by atoms with E-state index in [1.54, 1.807) is 18.5 Å². The first-order valence-electron chi connectivity index (χ1n) is 39.3. The van der Waals surface area contributed by atoms with Gasteiger partial charge in [-0.05, 0) is 79.3 Å². The molecule has 7 aromatic heterocycles. The molecular weight excluding hydrogens is 1970 g/mol. The molecule has 8 unspecified atom stereocenters. The van der Waals surface area contributed by atoms with Crippen molar-refractivity contribution in [3.8, 4) is 0 Å². The Balaban J connectivity index is 0.000000170. The smallest absolute Gasteiger partial charge is 0.328 e. The Labute approximate surface area is 782 Å². The molecule has 0 spiro atoms. The van der Waals surface area contributed by atoms with E-state index in [-0.39, 0.29) is 160 Å². The lowest BCUT2D eigenvalue weighted by atomic mass is 10.2. The fourth-order valence-electron chi connectivity index (χ4n) is 13.7. The number of nitrogens with one attached hydrogen (secondary N) is 6. The molecule has 9 aliphatic rings. The van der Waals surface area contributed by atoms with E-state index in [0.29, 0.717) is 9.41 Å². The van der Waals surface area contributed by atoms with Crippen molar-refractivity contribution in [2.45, 2.75) is 199 Å². The van der Waals surface area contributed by atoms with Gasteiger partial charge in [-0.1, -0.05) is 55.5 Å². The van der Waals surface area contributed by atoms with Gasteiger partial charge in [0.05, 0.1) is 108 Å². The van der Waals surface area contributed by atoms with Crippen molar-refractivity contribution < 1.29 is 136 Å². The standard InChI is InChI=1S/C10H12F2N2O3.C9H11F2N3O2S.C9H10F2N2O3S.C9H10F2N2O2S2.C9H12FN3O2S.2C9H11FN2O3S.C9H11FN2O2S2/c1-5-13-9(16)8(12)3-14(5)10-7(11)2-6(4-15)17-10;10-5-1-4(3-15)16-8(5)14-2-6(11)7(12)13-9(14)17;10-5-1-4(3-14)16-8(5)13-2-6(11)7(17)12-9(13)15;10-5-1-4(3-14)15-8(5)13-2-6(11)7(16)12-9(13)17;10-6-3-5(4-14)15-8(6)13-2-1-7(11)12-9(13)16;10-6-3-5(4-13)15-8(6)12-2-1-7(16)11-9(12)14;10-6-3-5(4-13)15-8(6)12-2-1-7(14)11-9(12)16;10-6-3-5(4-13)14-8(6)12-2-1-7(15)11-9(12)16/h3,6-7,10,15H,1-2,4H2,(H,13,16);2,4-5,8,15H,1,3H2,(H2,12,13,17);2,4-5,8,14H,1,3H2,(H,12,15,17);2,4-5,8,14H,1,3H2,(H,12,16,17);1-2,5-6,8,14H,3-4H2,(H2,11,12,16);2*1-2,5-6,8,13H,3-4H2,(H,11,14,16);1-2,5-6,8,13H,3-4H2,(H,11,15,16)/t6-,7?,10+;3*4-,5?,8+;4*5-,6?,8+/m00000000/s1. The predicted octanol–water partition coefficient (Wildman–Crippen LogP) is 7.55. The van der Waals surface area contributed by atoms with Crippen LogP contribution >= 0.6 is 110 Å². The van der Waals surface area contributed by atoms with Crippen LogP contribution in [0.3, 0.4) is 0 Å². The third-order valence-electron chi connectivity index (χ3n) is 20.1. The van der Waals surface area contributed by atoms with Gasteiger partial charge in [0.25, 0.3) is 11.5 Å². The molecule has 132 heavy (non-hydrogen) atoms. The van der Waals surface area contributed by atoms with E-state index in [9.17, 15) is 71.9 Å². The number of anilines is 2. The molecule has 1 amide bonds. The molecule has 0 aliphatic carbocycles. The lowest BCUT2D eigenvalue weighted by molar-refractivity contribution is -0.120. The van der Waals surface area contributed by atoms with E-state index in [2.05, 4.69) is 71.2 Å². The van der Waals surface area contributed by atoms with Crippen LogP contribution in [0.1, 0.15) is 95.0 Å². The van der Waals surface area contributed by atoms with Crippen molar-refractivity contribution >= 4 is 128 Å². The zero-order chi connectivity index (χ0) is 97.1. The van der Waals surface area contributed by atoms with Crippen LogP contribution in [-0.4, -0.2) is 276 Å². The van der Waals surface area contributed by atoms with Gasteiger partial charge < -0.3 is 110 Å². The third-order valence-corrected chi connectivity index (χ3v) is 22.7. The molecule has 0 bridgehead atoms. The average Bonchev–Trinajstić information content (AvgIpc) is 1.46. The molecule has 38 nitrogen and oxygen atoms in total. The second-order valence-corrected chi connectivity index (χ2v) is 33.1. The molecule has 24 atom stereocenters. The fraction of sp³-hybridized carbons (Fsp3) is 0.548. The summed E-state index contributed by atoms with van der Waals surface area (Å²) in [6.45, 7) is 1.37. The summed E-state index contributed by atoms with van der Waals surface area (Å²) in [6.07, 6.45) is -12.8. The molecule has 16 rings (SSSR count). The van der Waals surface area contributed by atoms with Crippen LogP contribution in [-0.2, 0) is 42.7 Å². The highest BCUT2D eigenvalue weighted by atomic mass is 32.1. The number of nitrogens with zero attached hydrogens (tertiary/aromatic N) is 10. The highest BCUT2D eigenvalue weighted by Crippen LogP contribution is 2.38. The van der Waals surface area contributed by atoms with Gasteiger partial charge in [-0.15, -0.1) is 0 Å². The summed E-state index contributed by atoms with van der Waals surface area (Å²) in [4.78, 5) is 65.4. The molecule has 0 aromatic carbocycles. The maximum atomic E-state index is 13.7. The maximum absolute atomic E-state index is 13.7. The molecule has 59 heteroatoms. The molecular formula is C73H88F12N18O20S9. The van der Waals surface area contributed by atoms with E-state index in [1.165, 1.54) is 44.3 Å². The van der Waals surface area contributed by atoms with Crippen molar-refractivity contribution in [2.75, 3.05) is 64.3 Å². The number of nitrogens with two attached hydrogens (primary N) is 2. The van der Waals surface area contributed by atoms with Crippen LogP contribution in [0.25, 0.3) is 0 Å². The summed E-state index contributed by atoms with van der Waals surface area (Å²) in [5.41, 5.74) is 9.08. The summed E-state index contributed by atoms with van der Waals surface area (Å²) in [7, 11) is 0. The lowest BCUT2D eigenvalue weighted by Crippen LogP contribution is -2.45. The van der Waals surface area contributed by atoms with Gasteiger partial charge >= 0.3 is 11.4 Å². The number of hydrogen-bond acceptors (Lipinski definition) is 34. The minimum absolute atomic E-state index is 0.0222. The van der Waals surface area contributed by atoms with Gasteiger partial charge in [-0.3, -0.25) is 56.5 Å². The number of carbonyl (C=O) groups is 1. The topological polar surface area (TPSA) is 511 Å². The summed E-state index contributed by atoms with van der Waals surface area (Å²) >= 11 is 43.6. The average molecular weight is 2050 g/mol. The second-order valence-electron chi connectivity index (χ2n) is 29.5. The van der Waals surface area contributed by atoms with E-state index in [4.69, 9.17) is 176 Å². The van der Waals surface area contributed by atoms with Gasteiger partial charge in [0.2, 0.25) is 15.4 Å². The maximum Gasteiger partial charge on any atom is 0.328 e. The first-order chi connectivity index (χ1) is 62.5. The Morgan fingerprint density at radius 2 is 0.682 bits per heavy atom. The van der Waals surface area contributed by atoms with Gasteiger partial charge in [-0.2, -0.15) is 9.37 Å². The van der Waals surface area contributed by atoms with Crippen molar-refractivity contribution in [1.82, 2.24) is 77.1 Å². The number of alkyl halides is 8. The van der Waals surface area contributed by atoms with Crippen LogP contribution in [0.5, 0.6) is 0 Å². The number of nitrogen functional groups attached to an aromatic ring is 2. The van der Waals surface area contributed by atoms with Crippen molar-refractivity contribution in [1.29, 1.82) is 0 Å². The summed E-state index contributed by atoms with van der Waals surface area (Å²) < 4.78 is 213. The van der Waals surface area contributed by atoms with Gasteiger partial charge in [0, 0.05) is 101 Å². The van der Waals surface area contributed by atoms with Crippen LogP contribution in [0.4, 0.5) is 64.3 Å². The highest BCUT2D eigenvalue weighted by molar-refractivity contribution is 7.72. The van der Waals surface area contributed by atoms with E-state index >= 15 is 0 Å². The molecule has 0 radical (unpaired) electrons. The lowest BCUT2D eigenvalue weighted by Gasteiger charge is -2.32. The summed E-state index contributed by atoms with van der Waals surface area (Å²) in [5, 5.41) is 73.2. The van der Waals surface area contributed by atoms with Crippen molar-refractivity contribution in [3.63, 3.8) is 0 Å². The number of amides is 1. The molecule has 8 saturated heterocycles. The zero-order valence-corrected chi connectivity index (χ0v) is 75.5. The van der Waals surface area contributed by atoms with Crippen LogP contribution < -0.4 is 33.7 Å². The number of aromatic amines is 5. The monoisotopic (exact) mass is 2050 g/mol. The van der Waals surface area contributed by atoms with Crippen LogP contribution in [0.2, 0.25) is 0 Å². The number of hydrogen-bond donors (Lipinski definition) is 16. The molecule has 18 N–H and O–H groups in total. The quantitative estimate of drug-likeness (QED) is 0.0328. The Kier molecular flexibility index (Phi) is 40.3. The third kappa shape index (κ3) is 28.0. The Morgan fingerprint density at radius 3 is 1.08 bits per heavy atom. The number of aromatic nitrogens is 14. The van der Waals surface area contributed by atoms with Gasteiger partial charge in [-0.25, -0.2) is 62.9 Å². The SMILES string of the molecule is C=C1NC(=O)C(F)=CN1[C@@H]1O[C@H](CO)CC1F.Nc1ccn([C@@H]2O[C@H](CO)CC2F)c(=S)n1.Nc1nc(=S)n([C@@H]2O[C@H](CO)CC2F)cc1F.O=c1[nH]c(=S)c(F)cn1[C@@H]1O[C@H](CO)CC1F.O=c1[nH]c(=S)ccn1[C@@H]1O[C@H](CO)CC1F.O=c1ccn([C@@H]2O[C@H](CO)CC2F)c(=S)[nH]1.OC[C@@H]1CC(F)[C@H](n2cc(F)c(=S)[nH]c2=S)O1.OC[C@@H]1CC(F)[C@H](n2ccc(=S)[nH]c2=S)O1. The predicted molar refractivity (Wildman–Crippen MR) is 461 cm³/mol. The largest absolute Gasteiger partial charge is 0.394 e. The Morgan fingerprint density at radius 1 is 0.371 bits per heavy atom. The minimum atomic E-state index is -1.48. The Hall–Kier alpha value is -8.19. The molecule has 8 fully saturated rings. The first-order valence-corrected chi connectivity index (χ1v) is 43.0. The minimum Gasteiger partial charge on any atom is -0.394 e. The van der Waals surface area contributed by atoms with Gasteiger partial charge in [0.1, 0.15) is 79.6 Å². The zero-order valence-electron chi connectivity index (χ0n) is 68.1. The van der Waals surface area contributed by atoms with Gasteiger partial charge in [0.15, 0.2) is 87.4 Å². The number of aliphatic hydroxyl groups is 8. The fourth-order valence-corrected chi connectivity index (χ4v) is 15.7. The molecule has 7 aromatic rings. The van der Waals surface area contributed by atoms with Crippen LogP contribution in [0, 0.1) is 59.9 Å². The number of rotatable bonds is 16. The van der Waals surface area contributed by atoms with E-state index < -0.39 is 189 Å². The number of aliphatic hydroxyl groups excluding tert-OH is 8. The van der Waals surface area contributed by atoms with Crippen LogP contribution in [0.15, 0.2) is 106 Å².